The minimum atomic E-state index is -0.384. The highest BCUT2D eigenvalue weighted by molar-refractivity contribution is 4.54. The standard InChI is InChI=1S/C5H12O2/c1-4(3-6)5(2)7/h4-7H,3H2,1-2H3/t4-,5+/m1/s1. The maximum Gasteiger partial charge on any atom is 0.0559 e. The van der Waals surface area contributed by atoms with E-state index in [1.54, 1.807) is 13.8 Å². The minimum absolute atomic E-state index is 0.0139. The Morgan fingerprint density at radius 3 is 1.86 bits per heavy atom. The number of aliphatic hydroxyl groups is 2. The molecule has 0 aromatic carbocycles. The summed E-state index contributed by atoms with van der Waals surface area (Å²) in [6, 6.07) is 0. The van der Waals surface area contributed by atoms with Crippen LogP contribution in [0.5, 0.6) is 0 Å². The predicted molar refractivity (Wildman–Crippen MR) is 27.9 cm³/mol. The van der Waals surface area contributed by atoms with Gasteiger partial charge in [-0.15, -0.1) is 0 Å². The molecule has 2 nitrogen and oxygen atoms in total. The van der Waals surface area contributed by atoms with Gasteiger partial charge in [-0.05, 0) is 6.92 Å². The number of rotatable bonds is 2. The molecule has 0 radical (unpaired) electrons. The third-order valence-electron chi connectivity index (χ3n) is 1.11. The highest BCUT2D eigenvalue weighted by Gasteiger charge is 2.04. The minimum Gasteiger partial charge on any atom is -0.396 e. The Labute approximate surface area is 43.8 Å². The van der Waals surface area contributed by atoms with Crippen LogP contribution in [-0.4, -0.2) is 22.9 Å². The molecule has 0 aromatic heterocycles. The highest BCUT2D eigenvalue weighted by atomic mass is 16.3. The summed E-state index contributed by atoms with van der Waals surface area (Å²) in [6.45, 7) is 3.53. The van der Waals surface area contributed by atoms with Crippen molar-refractivity contribution in [1.29, 1.82) is 0 Å². The first kappa shape index (κ1) is 6.92. The van der Waals surface area contributed by atoms with Gasteiger partial charge in [-0.25, -0.2) is 0 Å². The SMILES string of the molecule is C[C@H](O)[C@H](C)CO. The topological polar surface area (TPSA) is 40.5 Å². The predicted octanol–water partition coefficient (Wildman–Crippen LogP) is -0.00440. The van der Waals surface area contributed by atoms with Crippen molar-refractivity contribution in [3.05, 3.63) is 0 Å². The smallest absolute Gasteiger partial charge is 0.0559 e. The van der Waals surface area contributed by atoms with Crippen LogP contribution in [0.15, 0.2) is 0 Å². The van der Waals surface area contributed by atoms with Crippen molar-refractivity contribution >= 4 is 0 Å². The van der Waals surface area contributed by atoms with Gasteiger partial charge in [0.15, 0.2) is 0 Å². The second-order valence-electron chi connectivity index (χ2n) is 1.90. The average molecular weight is 104 g/mol. The summed E-state index contributed by atoms with van der Waals surface area (Å²) in [6.07, 6.45) is -0.384. The van der Waals surface area contributed by atoms with E-state index in [1.807, 2.05) is 0 Å². The Morgan fingerprint density at radius 1 is 1.43 bits per heavy atom. The van der Waals surface area contributed by atoms with Crippen molar-refractivity contribution in [1.82, 2.24) is 0 Å². The average Bonchev–Trinajstić information content (AvgIpc) is 1.65. The maximum atomic E-state index is 8.66. The van der Waals surface area contributed by atoms with E-state index in [0.29, 0.717) is 0 Å². The van der Waals surface area contributed by atoms with Gasteiger partial charge in [-0.2, -0.15) is 0 Å². The molecule has 2 heteroatoms. The molecule has 44 valence electrons. The largest absolute Gasteiger partial charge is 0.396 e. The van der Waals surface area contributed by atoms with E-state index in [9.17, 15) is 0 Å². The molecule has 0 saturated heterocycles. The van der Waals surface area contributed by atoms with E-state index >= 15 is 0 Å². The fourth-order valence-electron chi connectivity index (χ4n) is 0.153. The third kappa shape index (κ3) is 2.60. The second kappa shape index (κ2) is 2.99. The molecule has 0 aliphatic carbocycles. The van der Waals surface area contributed by atoms with Crippen LogP contribution in [0.25, 0.3) is 0 Å². The van der Waals surface area contributed by atoms with Crippen molar-refractivity contribution in [2.75, 3.05) is 6.61 Å². The Bertz CT molecular complexity index is 43.3. The fraction of sp³-hybridized carbons (Fsp3) is 1.00. The lowest BCUT2D eigenvalue weighted by Crippen LogP contribution is -2.16. The quantitative estimate of drug-likeness (QED) is 0.517. The van der Waals surface area contributed by atoms with Crippen molar-refractivity contribution in [3.63, 3.8) is 0 Å². The van der Waals surface area contributed by atoms with Gasteiger partial charge in [0.25, 0.3) is 0 Å². The molecule has 0 bridgehead atoms. The van der Waals surface area contributed by atoms with Gasteiger partial charge in [0.05, 0.1) is 6.10 Å². The normalized spacial score (nSPS) is 18.9. The summed E-state index contributed by atoms with van der Waals surface area (Å²) < 4.78 is 0. The van der Waals surface area contributed by atoms with E-state index in [-0.39, 0.29) is 18.6 Å². The molecule has 0 unspecified atom stereocenters. The summed E-state index contributed by atoms with van der Waals surface area (Å²) in [5.41, 5.74) is 0. The lowest BCUT2D eigenvalue weighted by molar-refractivity contribution is 0.0913. The van der Waals surface area contributed by atoms with Crippen LogP contribution in [0.1, 0.15) is 13.8 Å². The van der Waals surface area contributed by atoms with Crippen molar-refractivity contribution in [2.45, 2.75) is 20.0 Å². The molecule has 0 amide bonds. The van der Waals surface area contributed by atoms with Crippen LogP contribution in [0.3, 0.4) is 0 Å². The Kier molecular flexibility index (Phi) is 2.96. The maximum absolute atomic E-state index is 8.66. The van der Waals surface area contributed by atoms with Crippen molar-refractivity contribution < 1.29 is 10.2 Å². The van der Waals surface area contributed by atoms with Gasteiger partial charge in [-0.1, -0.05) is 6.92 Å². The first-order valence-corrected chi connectivity index (χ1v) is 2.47. The summed E-state index contributed by atoms with van der Waals surface area (Å²) in [5.74, 6) is 0.0139. The van der Waals surface area contributed by atoms with Crippen LogP contribution >= 0.6 is 0 Å². The molecule has 0 aromatic rings. The summed E-state index contributed by atoms with van der Waals surface area (Å²) >= 11 is 0. The Balaban J connectivity index is 3.14. The number of hydrogen-bond donors (Lipinski definition) is 2. The van der Waals surface area contributed by atoms with Gasteiger partial charge < -0.3 is 10.2 Å². The van der Waals surface area contributed by atoms with Crippen LogP contribution in [0.2, 0.25) is 0 Å². The van der Waals surface area contributed by atoms with Gasteiger partial charge in [0.2, 0.25) is 0 Å². The van der Waals surface area contributed by atoms with E-state index in [1.165, 1.54) is 0 Å². The highest BCUT2D eigenvalue weighted by Crippen LogP contribution is 1.97. The first-order valence-electron chi connectivity index (χ1n) is 2.47. The van der Waals surface area contributed by atoms with Crippen LogP contribution in [-0.2, 0) is 0 Å². The van der Waals surface area contributed by atoms with E-state index in [2.05, 4.69) is 0 Å². The molecule has 0 rings (SSSR count). The molecule has 0 heterocycles. The van der Waals surface area contributed by atoms with Crippen LogP contribution in [0.4, 0.5) is 0 Å². The number of aliphatic hydroxyl groups excluding tert-OH is 2. The second-order valence-corrected chi connectivity index (χ2v) is 1.90. The van der Waals surface area contributed by atoms with Gasteiger partial charge in [0.1, 0.15) is 0 Å². The Morgan fingerprint density at radius 2 is 1.86 bits per heavy atom. The zero-order valence-corrected chi connectivity index (χ0v) is 4.76. The summed E-state index contributed by atoms with van der Waals surface area (Å²) in [5, 5.41) is 17.0. The van der Waals surface area contributed by atoms with Crippen LogP contribution < -0.4 is 0 Å². The van der Waals surface area contributed by atoms with Crippen molar-refractivity contribution in [3.8, 4) is 0 Å². The first-order chi connectivity index (χ1) is 3.18. The monoisotopic (exact) mass is 104 g/mol. The molecule has 0 spiro atoms. The molecule has 2 atom stereocenters. The third-order valence-corrected chi connectivity index (χ3v) is 1.11. The molecule has 2 N–H and O–H groups in total. The van der Waals surface area contributed by atoms with Crippen molar-refractivity contribution in [2.24, 2.45) is 5.92 Å². The van der Waals surface area contributed by atoms with Gasteiger partial charge in [0, 0.05) is 12.5 Å². The fourth-order valence-corrected chi connectivity index (χ4v) is 0.153. The molecule has 0 aliphatic heterocycles. The Hall–Kier alpha value is -0.0800. The van der Waals surface area contributed by atoms with Gasteiger partial charge >= 0.3 is 0 Å². The van der Waals surface area contributed by atoms with E-state index in [4.69, 9.17) is 10.2 Å². The summed E-state index contributed by atoms with van der Waals surface area (Å²) in [7, 11) is 0. The van der Waals surface area contributed by atoms with E-state index in [0.717, 1.165) is 0 Å². The molecular formula is C5H12O2. The summed E-state index contributed by atoms with van der Waals surface area (Å²) in [4.78, 5) is 0. The zero-order valence-electron chi connectivity index (χ0n) is 4.76. The lowest BCUT2D eigenvalue weighted by atomic mass is 10.1. The van der Waals surface area contributed by atoms with E-state index < -0.39 is 0 Å². The lowest BCUT2D eigenvalue weighted by Gasteiger charge is -2.08. The molecule has 7 heavy (non-hydrogen) atoms. The molecular weight excluding hydrogens is 92.1 g/mol. The molecule has 0 saturated carbocycles. The van der Waals surface area contributed by atoms with Crippen LogP contribution in [0, 0.1) is 5.92 Å². The molecule has 0 fully saturated rings. The van der Waals surface area contributed by atoms with Gasteiger partial charge in [-0.3, -0.25) is 0 Å². The number of hydrogen-bond acceptors (Lipinski definition) is 2. The zero-order chi connectivity index (χ0) is 5.86. The molecule has 0 aliphatic rings.